The van der Waals surface area contributed by atoms with Crippen LogP contribution in [0.4, 0.5) is 0 Å². The minimum absolute atomic E-state index is 0.00712. The SMILES string of the molecule is CC(=O)N1CCC[C@H]1C(=O)N[C@@H]1CCc2nc(C(C)(C)C)cn2C1. The largest absolute Gasteiger partial charge is 0.350 e. The average Bonchev–Trinajstić information content (AvgIpc) is 3.12. The van der Waals surface area contributed by atoms with Crippen molar-refractivity contribution >= 4 is 11.8 Å². The van der Waals surface area contributed by atoms with Crippen LogP contribution in [0.1, 0.15) is 58.5 Å². The van der Waals surface area contributed by atoms with E-state index in [2.05, 4.69) is 36.9 Å². The molecule has 0 radical (unpaired) electrons. The summed E-state index contributed by atoms with van der Waals surface area (Å²) in [6.45, 7) is 9.48. The fourth-order valence-electron chi connectivity index (χ4n) is 3.64. The highest BCUT2D eigenvalue weighted by atomic mass is 16.2. The van der Waals surface area contributed by atoms with E-state index in [9.17, 15) is 9.59 Å². The van der Waals surface area contributed by atoms with Gasteiger partial charge in [-0.25, -0.2) is 4.98 Å². The Bertz CT molecular complexity index is 644. The van der Waals surface area contributed by atoms with Crippen LogP contribution >= 0.6 is 0 Å². The predicted octanol–water partition coefficient (Wildman–Crippen LogP) is 1.62. The van der Waals surface area contributed by atoms with E-state index >= 15 is 0 Å². The van der Waals surface area contributed by atoms with Gasteiger partial charge >= 0.3 is 0 Å². The van der Waals surface area contributed by atoms with Crippen molar-refractivity contribution in [2.24, 2.45) is 0 Å². The Morgan fingerprint density at radius 3 is 2.71 bits per heavy atom. The summed E-state index contributed by atoms with van der Waals surface area (Å²) in [5.74, 6) is 1.09. The number of likely N-dealkylation sites (tertiary alicyclic amines) is 1. The summed E-state index contributed by atoms with van der Waals surface area (Å²) in [7, 11) is 0. The summed E-state index contributed by atoms with van der Waals surface area (Å²) in [5.41, 5.74) is 1.14. The number of aryl methyl sites for hydroxylation is 1. The molecule has 2 atom stereocenters. The molecule has 0 bridgehead atoms. The molecule has 2 aliphatic rings. The molecule has 6 heteroatoms. The first-order valence-electron chi connectivity index (χ1n) is 8.90. The number of nitrogens with zero attached hydrogens (tertiary/aromatic N) is 3. The molecular weight excluding hydrogens is 304 g/mol. The van der Waals surface area contributed by atoms with Gasteiger partial charge in [-0.05, 0) is 19.3 Å². The van der Waals surface area contributed by atoms with Gasteiger partial charge in [0.2, 0.25) is 11.8 Å². The predicted molar refractivity (Wildman–Crippen MR) is 91.6 cm³/mol. The molecule has 0 aromatic carbocycles. The highest BCUT2D eigenvalue weighted by Crippen LogP contribution is 2.25. The molecule has 1 aromatic heterocycles. The molecule has 1 aromatic rings. The number of nitrogens with one attached hydrogen (secondary N) is 1. The maximum absolute atomic E-state index is 12.6. The van der Waals surface area contributed by atoms with Gasteiger partial charge in [0.1, 0.15) is 11.9 Å². The highest BCUT2D eigenvalue weighted by molar-refractivity contribution is 5.87. The summed E-state index contributed by atoms with van der Waals surface area (Å²) >= 11 is 0. The summed E-state index contributed by atoms with van der Waals surface area (Å²) < 4.78 is 2.17. The van der Waals surface area contributed by atoms with E-state index in [1.165, 1.54) is 6.92 Å². The van der Waals surface area contributed by atoms with Crippen molar-refractivity contribution in [1.82, 2.24) is 19.8 Å². The van der Waals surface area contributed by atoms with Gasteiger partial charge in [-0.2, -0.15) is 0 Å². The van der Waals surface area contributed by atoms with Gasteiger partial charge in [0.05, 0.1) is 5.69 Å². The summed E-state index contributed by atoms with van der Waals surface area (Å²) in [4.78, 5) is 30.7. The normalized spacial score (nSPS) is 23.9. The van der Waals surface area contributed by atoms with E-state index in [-0.39, 0.29) is 29.3 Å². The minimum Gasteiger partial charge on any atom is -0.350 e. The van der Waals surface area contributed by atoms with Gasteiger partial charge in [-0.3, -0.25) is 9.59 Å². The van der Waals surface area contributed by atoms with Gasteiger partial charge in [-0.15, -0.1) is 0 Å². The molecule has 0 unspecified atom stereocenters. The third-order valence-electron chi connectivity index (χ3n) is 5.07. The van der Waals surface area contributed by atoms with Crippen LogP contribution < -0.4 is 5.32 Å². The zero-order valence-corrected chi connectivity index (χ0v) is 15.1. The first-order valence-corrected chi connectivity index (χ1v) is 8.90. The quantitative estimate of drug-likeness (QED) is 0.895. The molecule has 0 saturated carbocycles. The first kappa shape index (κ1) is 17.0. The van der Waals surface area contributed by atoms with Crippen LogP contribution in [0.15, 0.2) is 6.20 Å². The van der Waals surface area contributed by atoms with Crippen molar-refractivity contribution in [3.63, 3.8) is 0 Å². The Hall–Kier alpha value is -1.85. The lowest BCUT2D eigenvalue weighted by Gasteiger charge is -2.28. The lowest BCUT2D eigenvalue weighted by molar-refractivity contribution is -0.137. The molecule has 0 spiro atoms. The van der Waals surface area contributed by atoms with Crippen LogP contribution in [0.5, 0.6) is 0 Å². The molecule has 2 aliphatic heterocycles. The number of hydrogen-bond donors (Lipinski definition) is 1. The Balaban J connectivity index is 1.65. The molecule has 24 heavy (non-hydrogen) atoms. The maximum atomic E-state index is 12.6. The second-order valence-electron chi connectivity index (χ2n) is 8.06. The number of aromatic nitrogens is 2. The summed E-state index contributed by atoms with van der Waals surface area (Å²) in [5, 5.41) is 3.15. The van der Waals surface area contributed by atoms with Crippen LogP contribution in [0.3, 0.4) is 0 Å². The second-order valence-corrected chi connectivity index (χ2v) is 8.06. The zero-order chi connectivity index (χ0) is 17.5. The van der Waals surface area contributed by atoms with Crippen LogP contribution in [0.25, 0.3) is 0 Å². The van der Waals surface area contributed by atoms with Crippen LogP contribution in [-0.4, -0.2) is 44.9 Å². The minimum atomic E-state index is -0.295. The monoisotopic (exact) mass is 332 g/mol. The number of carbonyl (C=O) groups excluding carboxylic acids is 2. The molecule has 2 amide bonds. The van der Waals surface area contributed by atoms with E-state index in [4.69, 9.17) is 4.98 Å². The summed E-state index contributed by atoms with van der Waals surface area (Å²) in [6.07, 6.45) is 5.57. The third kappa shape index (κ3) is 3.32. The summed E-state index contributed by atoms with van der Waals surface area (Å²) in [6, 6.07) is -0.182. The maximum Gasteiger partial charge on any atom is 0.243 e. The van der Waals surface area contributed by atoms with E-state index < -0.39 is 0 Å². The molecule has 1 N–H and O–H groups in total. The van der Waals surface area contributed by atoms with Crippen LogP contribution in [-0.2, 0) is 28.0 Å². The average molecular weight is 332 g/mol. The smallest absolute Gasteiger partial charge is 0.243 e. The third-order valence-corrected chi connectivity index (χ3v) is 5.07. The second kappa shape index (κ2) is 6.22. The molecule has 1 saturated heterocycles. The molecular formula is C18H28N4O2. The van der Waals surface area contributed by atoms with Crippen molar-refractivity contribution in [2.45, 2.75) is 77.4 Å². The standard InChI is InChI=1S/C18H28N4O2/c1-12(23)22-9-5-6-14(22)17(24)19-13-7-8-16-20-15(18(2,3)4)11-21(16)10-13/h11,13-14H,5-10H2,1-4H3,(H,19,24)/t13-,14+/m1/s1. The van der Waals surface area contributed by atoms with Gasteiger partial charge < -0.3 is 14.8 Å². The molecule has 3 rings (SSSR count). The lowest BCUT2D eigenvalue weighted by Crippen LogP contribution is -2.50. The molecule has 0 aliphatic carbocycles. The van der Waals surface area contributed by atoms with Gasteiger partial charge in [-0.1, -0.05) is 20.8 Å². The van der Waals surface area contributed by atoms with Crippen molar-refractivity contribution in [2.75, 3.05) is 6.54 Å². The lowest BCUT2D eigenvalue weighted by atomic mass is 9.93. The Morgan fingerprint density at radius 2 is 2.04 bits per heavy atom. The van der Waals surface area contributed by atoms with E-state index in [0.717, 1.165) is 43.7 Å². The highest BCUT2D eigenvalue weighted by Gasteiger charge is 2.34. The molecule has 132 valence electrons. The fraction of sp³-hybridized carbons (Fsp3) is 0.722. The molecule has 1 fully saturated rings. The van der Waals surface area contributed by atoms with E-state index in [1.807, 2.05) is 0 Å². The zero-order valence-electron chi connectivity index (χ0n) is 15.1. The van der Waals surface area contributed by atoms with E-state index in [0.29, 0.717) is 6.54 Å². The number of amides is 2. The van der Waals surface area contributed by atoms with Gasteiger partial charge in [0, 0.05) is 44.1 Å². The fourth-order valence-corrected chi connectivity index (χ4v) is 3.64. The number of imidazole rings is 1. The Labute approximate surface area is 143 Å². The first-order chi connectivity index (χ1) is 11.3. The van der Waals surface area contributed by atoms with Crippen LogP contribution in [0, 0.1) is 0 Å². The number of hydrogen-bond acceptors (Lipinski definition) is 3. The van der Waals surface area contributed by atoms with Crippen molar-refractivity contribution in [3.05, 3.63) is 17.7 Å². The van der Waals surface area contributed by atoms with Gasteiger partial charge in [0.25, 0.3) is 0 Å². The number of fused-ring (bicyclic) bond motifs is 1. The Kier molecular flexibility index (Phi) is 4.40. The number of carbonyl (C=O) groups is 2. The van der Waals surface area contributed by atoms with Crippen molar-refractivity contribution in [3.8, 4) is 0 Å². The molecule has 6 nitrogen and oxygen atoms in total. The topological polar surface area (TPSA) is 67.2 Å². The van der Waals surface area contributed by atoms with E-state index in [1.54, 1.807) is 4.90 Å². The Morgan fingerprint density at radius 1 is 1.29 bits per heavy atom. The van der Waals surface area contributed by atoms with Crippen molar-refractivity contribution < 1.29 is 9.59 Å². The molecule has 3 heterocycles. The van der Waals surface area contributed by atoms with Gasteiger partial charge in [0.15, 0.2) is 0 Å². The number of rotatable bonds is 2. The van der Waals surface area contributed by atoms with Crippen molar-refractivity contribution in [1.29, 1.82) is 0 Å². The van der Waals surface area contributed by atoms with Crippen LogP contribution in [0.2, 0.25) is 0 Å².